The van der Waals surface area contributed by atoms with Gasteiger partial charge < -0.3 is 0 Å². The number of aromatic nitrogens is 2. The van der Waals surface area contributed by atoms with E-state index in [1.165, 1.54) is 15.8 Å². The molecule has 6 nitrogen and oxygen atoms in total. The number of hydrogen-bond acceptors (Lipinski definition) is 4. The van der Waals surface area contributed by atoms with E-state index in [4.69, 9.17) is 0 Å². The number of nitrogens with one attached hydrogen (secondary N) is 1. The lowest BCUT2D eigenvalue weighted by Crippen LogP contribution is -2.29. The average molecular weight is 408 g/mol. The van der Waals surface area contributed by atoms with Crippen molar-refractivity contribution in [2.45, 2.75) is 19.3 Å². The van der Waals surface area contributed by atoms with Gasteiger partial charge >= 0.3 is 0 Å². The van der Waals surface area contributed by atoms with Crippen LogP contribution in [0.15, 0.2) is 88.8 Å². The van der Waals surface area contributed by atoms with Crippen molar-refractivity contribution in [1.29, 1.82) is 0 Å². The summed E-state index contributed by atoms with van der Waals surface area (Å²) in [5, 5.41) is 9.71. The lowest BCUT2D eigenvalue weighted by atomic mass is 9.90. The summed E-state index contributed by atoms with van der Waals surface area (Å²) in [6.07, 6.45) is 2.42. The van der Waals surface area contributed by atoms with Crippen LogP contribution in [0.4, 0.5) is 0 Å². The molecule has 1 N–H and O–H groups in total. The van der Waals surface area contributed by atoms with E-state index in [1.807, 2.05) is 30.3 Å². The Bertz CT molecular complexity index is 1370. The number of carbonyl (C=O) groups excluding carboxylic acids is 1. The maximum Gasteiger partial charge on any atom is 0.292 e. The molecular formula is C25H20N4O2. The largest absolute Gasteiger partial charge is 0.292 e. The van der Waals surface area contributed by atoms with Crippen molar-refractivity contribution in [2.75, 3.05) is 0 Å². The number of rotatable bonds is 3. The van der Waals surface area contributed by atoms with Crippen LogP contribution in [0.25, 0.3) is 16.5 Å². The zero-order valence-corrected chi connectivity index (χ0v) is 16.8. The van der Waals surface area contributed by atoms with Crippen LogP contribution in [-0.2, 0) is 12.8 Å². The number of para-hydroxylation sites is 1. The molecule has 3 aromatic carbocycles. The Balaban J connectivity index is 1.50. The van der Waals surface area contributed by atoms with Gasteiger partial charge in [-0.15, -0.1) is 0 Å². The summed E-state index contributed by atoms with van der Waals surface area (Å²) in [6.45, 7) is 0. The van der Waals surface area contributed by atoms with Crippen molar-refractivity contribution in [1.82, 2.24) is 15.2 Å². The minimum atomic E-state index is -0.438. The number of nitrogens with zero attached hydrogens (tertiary/aromatic N) is 3. The normalized spacial score (nSPS) is 14.4. The maximum absolute atomic E-state index is 13.0. The number of aryl methyl sites for hydroxylation is 1. The van der Waals surface area contributed by atoms with Crippen molar-refractivity contribution in [3.63, 3.8) is 0 Å². The Hall–Kier alpha value is -4.06. The van der Waals surface area contributed by atoms with E-state index in [-0.39, 0.29) is 11.3 Å². The van der Waals surface area contributed by atoms with Gasteiger partial charge in [-0.25, -0.2) is 5.43 Å². The molecule has 1 aliphatic carbocycles. The third-order valence-corrected chi connectivity index (χ3v) is 5.53. The molecule has 4 aromatic rings. The molecule has 0 bridgehead atoms. The first kappa shape index (κ1) is 18.9. The zero-order valence-electron chi connectivity index (χ0n) is 16.8. The number of fused-ring (bicyclic) bond motifs is 2. The van der Waals surface area contributed by atoms with Gasteiger partial charge in [-0.05, 0) is 42.2 Å². The molecule has 1 aliphatic rings. The Morgan fingerprint density at radius 2 is 1.52 bits per heavy atom. The average Bonchev–Trinajstić information content (AvgIpc) is 2.83. The highest BCUT2D eigenvalue weighted by Crippen LogP contribution is 2.19. The smallest absolute Gasteiger partial charge is 0.267 e. The predicted molar refractivity (Wildman–Crippen MR) is 121 cm³/mol. The molecule has 152 valence electrons. The molecule has 0 atom stereocenters. The van der Waals surface area contributed by atoms with E-state index in [0.29, 0.717) is 22.9 Å². The van der Waals surface area contributed by atoms with E-state index in [1.54, 1.807) is 36.4 Å². The van der Waals surface area contributed by atoms with Gasteiger partial charge in [0, 0.05) is 17.5 Å². The minimum Gasteiger partial charge on any atom is -0.267 e. The SMILES string of the molecule is O=C(N/N=C1/CCc2ccccc2C1)c1nn(-c2ccccc2)c(=O)c2ccccc12. The third kappa shape index (κ3) is 3.64. The van der Waals surface area contributed by atoms with E-state index < -0.39 is 5.91 Å². The lowest BCUT2D eigenvalue weighted by Gasteiger charge is -2.17. The summed E-state index contributed by atoms with van der Waals surface area (Å²) in [6, 6.07) is 24.4. The molecule has 0 spiro atoms. The highest BCUT2D eigenvalue weighted by molar-refractivity contribution is 6.05. The molecule has 0 unspecified atom stereocenters. The second-order valence-corrected chi connectivity index (χ2v) is 7.51. The Labute approximate surface area is 178 Å². The molecule has 0 saturated heterocycles. The topological polar surface area (TPSA) is 76.3 Å². The molecule has 1 amide bonds. The van der Waals surface area contributed by atoms with E-state index in [2.05, 4.69) is 27.8 Å². The third-order valence-electron chi connectivity index (χ3n) is 5.53. The minimum absolute atomic E-state index is 0.166. The van der Waals surface area contributed by atoms with Crippen molar-refractivity contribution in [3.8, 4) is 5.69 Å². The Morgan fingerprint density at radius 3 is 2.32 bits per heavy atom. The molecule has 6 heteroatoms. The van der Waals surface area contributed by atoms with Gasteiger partial charge in [0.1, 0.15) is 0 Å². The number of hydrogen-bond donors (Lipinski definition) is 1. The molecule has 0 saturated carbocycles. The first-order valence-corrected chi connectivity index (χ1v) is 10.2. The van der Waals surface area contributed by atoms with Crippen molar-refractivity contribution in [3.05, 3.63) is 106 Å². The molecular weight excluding hydrogens is 388 g/mol. The van der Waals surface area contributed by atoms with E-state index in [0.717, 1.165) is 18.6 Å². The molecule has 5 rings (SSSR count). The summed E-state index contributed by atoms with van der Waals surface area (Å²) in [7, 11) is 0. The fourth-order valence-corrected chi connectivity index (χ4v) is 3.94. The number of carbonyl (C=O) groups is 1. The second-order valence-electron chi connectivity index (χ2n) is 7.51. The van der Waals surface area contributed by atoms with Crippen molar-refractivity contribution < 1.29 is 4.79 Å². The summed E-state index contributed by atoms with van der Waals surface area (Å²) >= 11 is 0. The quantitative estimate of drug-likeness (QED) is 0.526. The summed E-state index contributed by atoms with van der Waals surface area (Å²) in [5.41, 5.74) is 6.65. The summed E-state index contributed by atoms with van der Waals surface area (Å²) < 4.78 is 1.27. The van der Waals surface area contributed by atoms with Gasteiger partial charge in [-0.3, -0.25) is 9.59 Å². The van der Waals surface area contributed by atoms with E-state index in [9.17, 15) is 9.59 Å². The van der Waals surface area contributed by atoms with Crippen LogP contribution in [-0.4, -0.2) is 21.4 Å². The van der Waals surface area contributed by atoms with E-state index >= 15 is 0 Å². The van der Waals surface area contributed by atoms with Crippen molar-refractivity contribution >= 4 is 22.4 Å². The molecule has 0 fully saturated rings. The van der Waals surface area contributed by atoms with Crippen molar-refractivity contribution in [2.24, 2.45) is 5.10 Å². The van der Waals surface area contributed by atoms with Crippen LogP contribution < -0.4 is 11.0 Å². The number of benzene rings is 3. The van der Waals surface area contributed by atoms with Crippen LogP contribution in [0, 0.1) is 0 Å². The van der Waals surface area contributed by atoms with Gasteiger partial charge in [0.05, 0.1) is 11.1 Å². The second kappa shape index (κ2) is 7.99. The number of amides is 1. The molecule has 1 heterocycles. The van der Waals surface area contributed by atoms with Crippen LogP contribution in [0.5, 0.6) is 0 Å². The Morgan fingerprint density at radius 1 is 0.839 bits per heavy atom. The van der Waals surface area contributed by atoms with Gasteiger partial charge in [0.2, 0.25) is 0 Å². The first-order valence-electron chi connectivity index (χ1n) is 10.2. The van der Waals surface area contributed by atoms with Crippen LogP contribution in [0.3, 0.4) is 0 Å². The first-order chi connectivity index (χ1) is 15.2. The number of hydrazone groups is 1. The highest BCUT2D eigenvalue weighted by atomic mass is 16.2. The summed E-state index contributed by atoms with van der Waals surface area (Å²) in [5.74, 6) is -0.438. The lowest BCUT2D eigenvalue weighted by molar-refractivity contribution is 0.0950. The predicted octanol–water partition coefficient (Wildman–Crippen LogP) is 3.66. The monoisotopic (exact) mass is 408 g/mol. The van der Waals surface area contributed by atoms with Crippen LogP contribution >= 0.6 is 0 Å². The van der Waals surface area contributed by atoms with Crippen LogP contribution in [0.1, 0.15) is 28.0 Å². The standard InChI is InChI=1S/C25H20N4O2/c30-24(27-26-19-15-14-17-8-4-5-9-18(17)16-19)23-21-12-6-7-13-22(21)25(31)29(28-23)20-10-2-1-3-11-20/h1-13H,14-16H2,(H,27,30)/b26-19-. The molecule has 31 heavy (non-hydrogen) atoms. The summed E-state index contributed by atoms with van der Waals surface area (Å²) in [4.78, 5) is 26.0. The van der Waals surface area contributed by atoms with Gasteiger partial charge in [0.15, 0.2) is 5.69 Å². The fraction of sp³-hybridized carbons (Fsp3) is 0.120. The molecule has 1 aromatic heterocycles. The van der Waals surface area contributed by atoms with Gasteiger partial charge in [0.25, 0.3) is 11.5 Å². The maximum atomic E-state index is 13.0. The Kier molecular flexibility index (Phi) is 4.88. The zero-order chi connectivity index (χ0) is 21.2. The highest BCUT2D eigenvalue weighted by Gasteiger charge is 2.18. The van der Waals surface area contributed by atoms with Gasteiger partial charge in [-0.2, -0.15) is 14.9 Å². The molecule has 0 radical (unpaired) electrons. The van der Waals surface area contributed by atoms with Gasteiger partial charge in [-0.1, -0.05) is 60.7 Å². The fourth-order valence-electron chi connectivity index (χ4n) is 3.94. The molecule has 0 aliphatic heterocycles. The van der Waals surface area contributed by atoms with Crippen LogP contribution in [0.2, 0.25) is 0 Å².